The van der Waals surface area contributed by atoms with E-state index in [0.717, 1.165) is 21.4 Å². The Morgan fingerprint density at radius 1 is 1.08 bits per heavy atom. The third-order valence-corrected chi connectivity index (χ3v) is 4.52. The number of aromatic nitrogens is 2. The molecule has 0 saturated carbocycles. The Labute approximate surface area is 138 Å². The van der Waals surface area contributed by atoms with Gasteiger partial charge in [-0.25, -0.2) is 4.79 Å². The second-order valence-corrected chi connectivity index (χ2v) is 6.01. The van der Waals surface area contributed by atoms with Crippen molar-refractivity contribution < 1.29 is 9.15 Å². The molecule has 0 aliphatic rings. The molecule has 0 fully saturated rings. The van der Waals surface area contributed by atoms with Crippen LogP contribution in [0.4, 0.5) is 0 Å². The van der Waals surface area contributed by atoms with Gasteiger partial charge in [0.25, 0.3) is 5.56 Å². The summed E-state index contributed by atoms with van der Waals surface area (Å²) in [5.41, 5.74) is 2.76. The molecule has 24 heavy (non-hydrogen) atoms. The van der Waals surface area contributed by atoms with Crippen molar-refractivity contribution in [3.05, 3.63) is 61.5 Å². The maximum atomic E-state index is 12.3. The summed E-state index contributed by atoms with van der Waals surface area (Å²) in [6.45, 7) is 6.01. The highest BCUT2D eigenvalue weighted by molar-refractivity contribution is 5.77. The summed E-state index contributed by atoms with van der Waals surface area (Å²) in [5, 5.41) is 0. The van der Waals surface area contributed by atoms with Gasteiger partial charge in [-0.05, 0) is 38.0 Å². The van der Waals surface area contributed by atoms with E-state index in [9.17, 15) is 9.59 Å². The highest BCUT2D eigenvalue weighted by Gasteiger charge is 2.20. The van der Waals surface area contributed by atoms with Crippen LogP contribution < -0.4 is 16.0 Å². The molecule has 2 heterocycles. The predicted octanol–water partition coefficient (Wildman–Crippen LogP) is 2.33. The molecule has 0 aliphatic carbocycles. The molecule has 0 radical (unpaired) electrons. The summed E-state index contributed by atoms with van der Waals surface area (Å²) in [6, 6.07) is 5.86. The van der Waals surface area contributed by atoms with Crippen LogP contribution in [0.3, 0.4) is 0 Å². The topological polar surface area (TPSA) is 66.4 Å². The fraction of sp³-hybridized carbons (Fsp3) is 0.333. The molecule has 3 aromatic rings. The second-order valence-electron chi connectivity index (χ2n) is 6.01. The van der Waals surface area contributed by atoms with E-state index in [0.29, 0.717) is 16.8 Å². The normalized spacial score (nSPS) is 11.2. The van der Waals surface area contributed by atoms with Crippen LogP contribution in [-0.2, 0) is 20.7 Å². The fourth-order valence-corrected chi connectivity index (χ4v) is 2.83. The molecule has 126 valence electrons. The number of furan rings is 1. The summed E-state index contributed by atoms with van der Waals surface area (Å²) in [5.74, 6) is 1.35. The van der Waals surface area contributed by atoms with E-state index in [4.69, 9.17) is 9.15 Å². The third kappa shape index (κ3) is 2.35. The Hall–Kier alpha value is -2.76. The van der Waals surface area contributed by atoms with E-state index in [-0.39, 0.29) is 17.9 Å². The number of fused-ring (bicyclic) bond motifs is 1. The van der Waals surface area contributed by atoms with Gasteiger partial charge in [0, 0.05) is 14.1 Å². The fourth-order valence-electron chi connectivity index (χ4n) is 2.83. The molecular weight excluding hydrogens is 308 g/mol. The van der Waals surface area contributed by atoms with Crippen LogP contribution in [0, 0.1) is 20.8 Å². The van der Waals surface area contributed by atoms with Gasteiger partial charge in [0.05, 0.1) is 5.56 Å². The van der Waals surface area contributed by atoms with Gasteiger partial charge in [-0.3, -0.25) is 13.9 Å². The number of hydrogen-bond acceptors (Lipinski definition) is 4. The molecule has 0 N–H and O–H groups in total. The minimum atomic E-state index is -0.436. The predicted molar refractivity (Wildman–Crippen MR) is 91.7 cm³/mol. The van der Waals surface area contributed by atoms with Gasteiger partial charge in [-0.15, -0.1) is 0 Å². The van der Waals surface area contributed by atoms with E-state index >= 15 is 0 Å². The van der Waals surface area contributed by atoms with Gasteiger partial charge in [-0.1, -0.05) is 12.1 Å². The van der Waals surface area contributed by atoms with Crippen molar-refractivity contribution in [2.24, 2.45) is 14.1 Å². The van der Waals surface area contributed by atoms with Crippen molar-refractivity contribution in [3.8, 4) is 5.75 Å². The largest absolute Gasteiger partial charge is 0.488 e. The van der Waals surface area contributed by atoms with Crippen molar-refractivity contribution >= 4 is 11.1 Å². The Balaban J connectivity index is 2.11. The second kappa shape index (κ2) is 5.70. The Morgan fingerprint density at radius 2 is 1.79 bits per heavy atom. The minimum Gasteiger partial charge on any atom is -0.488 e. The number of aryl methyl sites for hydroxylation is 3. The first-order valence-electron chi connectivity index (χ1n) is 7.70. The first-order chi connectivity index (χ1) is 11.3. The maximum Gasteiger partial charge on any atom is 0.331 e. The molecule has 0 aliphatic heterocycles. The van der Waals surface area contributed by atoms with Gasteiger partial charge >= 0.3 is 5.69 Å². The van der Waals surface area contributed by atoms with Crippen LogP contribution in [-0.4, -0.2) is 9.13 Å². The average molecular weight is 328 g/mol. The molecule has 0 unspecified atom stereocenters. The van der Waals surface area contributed by atoms with Gasteiger partial charge in [0.15, 0.2) is 0 Å². The van der Waals surface area contributed by atoms with Crippen LogP contribution in [0.15, 0.2) is 32.2 Å². The van der Waals surface area contributed by atoms with Crippen molar-refractivity contribution in [2.75, 3.05) is 0 Å². The smallest absolute Gasteiger partial charge is 0.331 e. The lowest BCUT2D eigenvalue weighted by Crippen LogP contribution is -2.36. The number of rotatable bonds is 3. The summed E-state index contributed by atoms with van der Waals surface area (Å²) in [4.78, 5) is 24.4. The summed E-state index contributed by atoms with van der Waals surface area (Å²) in [6.07, 6.45) is 0. The van der Waals surface area contributed by atoms with Gasteiger partial charge in [-0.2, -0.15) is 0 Å². The molecule has 0 saturated heterocycles. The summed E-state index contributed by atoms with van der Waals surface area (Å²) < 4.78 is 14.0. The maximum absolute atomic E-state index is 12.3. The Kier molecular flexibility index (Phi) is 3.83. The van der Waals surface area contributed by atoms with Crippen LogP contribution in [0.5, 0.6) is 5.75 Å². The Bertz CT molecular complexity index is 1050. The van der Waals surface area contributed by atoms with Gasteiger partial charge in [0.2, 0.25) is 5.58 Å². The molecule has 2 aromatic heterocycles. The van der Waals surface area contributed by atoms with E-state index < -0.39 is 5.56 Å². The minimum absolute atomic E-state index is 0.177. The summed E-state index contributed by atoms with van der Waals surface area (Å²) >= 11 is 0. The average Bonchev–Trinajstić information content (AvgIpc) is 2.89. The highest BCUT2D eigenvalue weighted by Crippen LogP contribution is 2.26. The lowest BCUT2D eigenvalue weighted by atomic mass is 10.1. The number of ether oxygens (including phenoxy) is 1. The SMILES string of the molecule is Cc1cccc(OCc2c(C)oc3c(=O)n(C)c(=O)n(C)c23)c1C. The molecule has 0 bridgehead atoms. The molecule has 1 aromatic carbocycles. The van der Waals surface area contributed by atoms with Crippen molar-refractivity contribution in [1.29, 1.82) is 0 Å². The zero-order chi connectivity index (χ0) is 17.6. The number of benzene rings is 1. The van der Waals surface area contributed by atoms with Gasteiger partial charge < -0.3 is 9.15 Å². The molecule has 0 atom stereocenters. The monoisotopic (exact) mass is 328 g/mol. The van der Waals surface area contributed by atoms with Crippen LogP contribution >= 0.6 is 0 Å². The quantitative estimate of drug-likeness (QED) is 0.740. The van der Waals surface area contributed by atoms with Crippen molar-refractivity contribution in [2.45, 2.75) is 27.4 Å². The van der Waals surface area contributed by atoms with Crippen molar-refractivity contribution in [1.82, 2.24) is 9.13 Å². The molecule has 3 rings (SSSR count). The van der Waals surface area contributed by atoms with Gasteiger partial charge in [0.1, 0.15) is 23.6 Å². The first kappa shape index (κ1) is 16.1. The van der Waals surface area contributed by atoms with Crippen LogP contribution in [0.1, 0.15) is 22.5 Å². The zero-order valence-corrected chi connectivity index (χ0v) is 14.5. The first-order valence-corrected chi connectivity index (χ1v) is 7.70. The lowest BCUT2D eigenvalue weighted by Gasteiger charge is -2.11. The van der Waals surface area contributed by atoms with Crippen molar-refractivity contribution in [3.63, 3.8) is 0 Å². The molecule has 0 amide bonds. The van der Waals surface area contributed by atoms with E-state index in [1.807, 2.05) is 32.0 Å². The Morgan fingerprint density at radius 3 is 2.50 bits per heavy atom. The highest BCUT2D eigenvalue weighted by atomic mass is 16.5. The van der Waals surface area contributed by atoms with Crippen LogP contribution in [0.2, 0.25) is 0 Å². The molecule has 0 spiro atoms. The zero-order valence-electron chi connectivity index (χ0n) is 14.5. The lowest BCUT2D eigenvalue weighted by molar-refractivity contribution is 0.301. The number of nitrogens with zero attached hydrogens (tertiary/aromatic N) is 2. The van der Waals surface area contributed by atoms with E-state index in [1.54, 1.807) is 14.0 Å². The molecule has 6 heteroatoms. The standard InChI is InChI=1S/C18H20N2O4/c1-10-7-6-8-14(11(10)2)23-9-13-12(3)24-16-15(13)19(4)18(22)20(5)17(16)21/h6-8H,9H2,1-5H3. The van der Waals surface area contributed by atoms with E-state index in [2.05, 4.69) is 0 Å². The molecular formula is C18H20N2O4. The molecule has 6 nitrogen and oxygen atoms in total. The van der Waals surface area contributed by atoms with E-state index in [1.165, 1.54) is 11.6 Å². The summed E-state index contributed by atoms with van der Waals surface area (Å²) in [7, 11) is 3.06. The third-order valence-electron chi connectivity index (χ3n) is 4.52. The van der Waals surface area contributed by atoms with Crippen LogP contribution in [0.25, 0.3) is 11.1 Å². The number of hydrogen-bond donors (Lipinski definition) is 0.